The molecule has 1 aromatic heterocycles. The van der Waals surface area contributed by atoms with E-state index >= 15 is 0 Å². The Kier molecular flexibility index (Phi) is 4.32. The predicted octanol–water partition coefficient (Wildman–Crippen LogP) is 2.25. The normalized spacial score (nSPS) is 10.4. The highest BCUT2D eigenvalue weighted by Crippen LogP contribution is 2.21. The summed E-state index contributed by atoms with van der Waals surface area (Å²) in [5.74, 6) is -0.364. The summed E-state index contributed by atoms with van der Waals surface area (Å²) in [4.78, 5) is 3.88. The Bertz CT molecular complexity index is 733. The minimum atomic E-state index is -0.364. The second kappa shape index (κ2) is 6.17. The smallest absolute Gasteiger partial charge is 0.177 e. The summed E-state index contributed by atoms with van der Waals surface area (Å²) in [6.07, 6.45) is 1.37. The van der Waals surface area contributed by atoms with Gasteiger partial charge in [-0.15, -0.1) is 0 Å². The van der Waals surface area contributed by atoms with Crippen LogP contribution in [0.25, 0.3) is 5.69 Å². The number of benzene rings is 1. The van der Waals surface area contributed by atoms with Gasteiger partial charge in [-0.3, -0.25) is 4.57 Å². The molecule has 0 fully saturated rings. The molecule has 0 saturated heterocycles. The number of imidazole rings is 1. The Morgan fingerprint density at radius 3 is 2.71 bits per heavy atom. The molecule has 6 heteroatoms. The van der Waals surface area contributed by atoms with Crippen LogP contribution in [0.5, 0.6) is 0 Å². The van der Waals surface area contributed by atoms with E-state index in [0.717, 1.165) is 0 Å². The highest BCUT2D eigenvalue weighted by atomic mass is 19.1. The van der Waals surface area contributed by atoms with Gasteiger partial charge in [-0.05, 0) is 12.1 Å². The van der Waals surface area contributed by atoms with Crippen molar-refractivity contribution in [2.75, 3.05) is 0 Å². The average molecular weight is 283 g/mol. The Hall–Kier alpha value is -2.70. The fourth-order valence-corrected chi connectivity index (χ4v) is 1.97. The van der Waals surface area contributed by atoms with Gasteiger partial charge in [0.1, 0.15) is 24.3 Å². The van der Waals surface area contributed by atoms with Crippen LogP contribution in [-0.2, 0) is 6.54 Å². The lowest BCUT2D eigenvalue weighted by Gasteiger charge is -2.14. The van der Waals surface area contributed by atoms with Gasteiger partial charge >= 0.3 is 0 Å². The molecule has 2 aromatic rings. The SMILES string of the molecule is CC(C)NCc1c(F)cccc1-n1cnc(C#N)c1C#N. The van der Waals surface area contributed by atoms with E-state index in [0.29, 0.717) is 17.8 Å². The zero-order chi connectivity index (χ0) is 15.4. The van der Waals surface area contributed by atoms with Crippen molar-refractivity contribution in [2.45, 2.75) is 26.4 Å². The first kappa shape index (κ1) is 14.7. The Morgan fingerprint density at radius 1 is 1.33 bits per heavy atom. The van der Waals surface area contributed by atoms with Crippen LogP contribution in [0.4, 0.5) is 4.39 Å². The van der Waals surface area contributed by atoms with Gasteiger partial charge in [0.2, 0.25) is 0 Å². The molecule has 0 atom stereocenters. The number of halogens is 1. The lowest BCUT2D eigenvalue weighted by molar-refractivity contribution is 0.551. The molecule has 0 aliphatic rings. The van der Waals surface area contributed by atoms with Gasteiger partial charge in [0.25, 0.3) is 0 Å². The van der Waals surface area contributed by atoms with E-state index in [1.54, 1.807) is 12.1 Å². The molecule has 0 aliphatic heterocycles. The summed E-state index contributed by atoms with van der Waals surface area (Å²) in [5, 5.41) is 21.3. The van der Waals surface area contributed by atoms with Crippen LogP contribution in [0.2, 0.25) is 0 Å². The van der Waals surface area contributed by atoms with Gasteiger partial charge in [-0.1, -0.05) is 19.9 Å². The van der Waals surface area contributed by atoms with Gasteiger partial charge < -0.3 is 5.32 Å². The molecule has 0 saturated carbocycles. The minimum absolute atomic E-state index is 0.0320. The zero-order valence-corrected chi connectivity index (χ0v) is 11.8. The van der Waals surface area contributed by atoms with E-state index in [1.807, 2.05) is 26.0 Å². The molecule has 5 nitrogen and oxygen atoms in total. The van der Waals surface area contributed by atoms with E-state index in [1.165, 1.54) is 17.0 Å². The summed E-state index contributed by atoms with van der Waals surface area (Å²) >= 11 is 0. The molecule has 2 rings (SSSR count). The average Bonchev–Trinajstić information content (AvgIpc) is 2.88. The summed E-state index contributed by atoms with van der Waals surface area (Å²) in [7, 11) is 0. The number of nitriles is 2. The molecule has 106 valence electrons. The monoisotopic (exact) mass is 283 g/mol. The topological polar surface area (TPSA) is 77.4 Å². The number of aromatic nitrogens is 2. The second-order valence-electron chi connectivity index (χ2n) is 4.81. The maximum absolute atomic E-state index is 14.1. The summed E-state index contributed by atoms with van der Waals surface area (Å²) in [6.45, 7) is 4.25. The number of hydrogen-bond donors (Lipinski definition) is 1. The Balaban J connectivity index is 2.55. The first-order chi connectivity index (χ1) is 10.1. The third-order valence-corrected chi connectivity index (χ3v) is 3.02. The quantitative estimate of drug-likeness (QED) is 0.933. The van der Waals surface area contributed by atoms with Gasteiger partial charge in [0, 0.05) is 18.2 Å². The Labute approximate surface area is 122 Å². The zero-order valence-electron chi connectivity index (χ0n) is 11.8. The van der Waals surface area contributed by atoms with Crippen LogP contribution < -0.4 is 5.32 Å². The Morgan fingerprint density at radius 2 is 2.10 bits per heavy atom. The van der Waals surface area contributed by atoms with Crippen molar-refractivity contribution in [3.63, 3.8) is 0 Å². The molecule has 0 aliphatic carbocycles. The molecule has 1 heterocycles. The van der Waals surface area contributed by atoms with Crippen molar-refractivity contribution in [2.24, 2.45) is 0 Å². The lowest BCUT2D eigenvalue weighted by Crippen LogP contribution is -2.23. The second-order valence-corrected chi connectivity index (χ2v) is 4.81. The number of hydrogen-bond acceptors (Lipinski definition) is 4. The van der Waals surface area contributed by atoms with Crippen molar-refractivity contribution >= 4 is 0 Å². The summed E-state index contributed by atoms with van der Waals surface area (Å²) in [6, 6.07) is 8.63. The molecule has 0 radical (unpaired) electrons. The van der Waals surface area contributed by atoms with Crippen LogP contribution in [0.1, 0.15) is 30.8 Å². The number of nitrogens with zero attached hydrogens (tertiary/aromatic N) is 4. The van der Waals surface area contributed by atoms with Crippen molar-refractivity contribution < 1.29 is 4.39 Å². The minimum Gasteiger partial charge on any atom is -0.310 e. The van der Waals surface area contributed by atoms with E-state index in [4.69, 9.17) is 5.26 Å². The van der Waals surface area contributed by atoms with E-state index in [-0.39, 0.29) is 23.2 Å². The standard InChI is InChI=1S/C15H14FN5/c1-10(2)19-8-11-12(16)4-3-5-14(11)21-9-20-13(6-17)15(21)7-18/h3-5,9-10,19H,8H2,1-2H3. The summed E-state index contributed by atoms with van der Waals surface area (Å²) < 4.78 is 15.5. The molecular formula is C15H14FN5. The first-order valence-corrected chi connectivity index (χ1v) is 6.47. The maximum atomic E-state index is 14.1. The lowest BCUT2D eigenvalue weighted by atomic mass is 10.1. The molecule has 21 heavy (non-hydrogen) atoms. The molecule has 0 bridgehead atoms. The fourth-order valence-electron chi connectivity index (χ4n) is 1.97. The van der Waals surface area contributed by atoms with Crippen molar-refractivity contribution in [3.05, 3.63) is 47.3 Å². The van der Waals surface area contributed by atoms with Crippen molar-refractivity contribution in [1.29, 1.82) is 10.5 Å². The molecular weight excluding hydrogens is 269 g/mol. The van der Waals surface area contributed by atoms with E-state index in [9.17, 15) is 9.65 Å². The first-order valence-electron chi connectivity index (χ1n) is 6.47. The van der Waals surface area contributed by atoms with Crippen molar-refractivity contribution in [3.8, 4) is 17.8 Å². The van der Waals surface area contributed by atoms with Crippen LogP contribution in [-0.4, -0.2) is 15.6 Å². The molecule has 1 aromatic carbocycles. The van der Waals surface area contributed by atoms with Gasteiger partial charge in [0.05, 0.1) is 5.69 Å². The largest absolute Gasteiger partial charge is 0.310 e. The molecule has 1 N–H and O–H groups in total. The maximum Gasteiger partial charge on any atom is 0.177 e. The van der Waals surface area contributed by atoms with Gasteiger partial charge in [-0.25, -0.2) is 9.37 Å². The molecule has 0 amide bonds. The van der Waals surface area contributed by atoms with Crippen molar-refractivity contribution in [1.82, 2.24) is 14.9 Å². The highest BCUT2D eigenvalue weighted by Gasteiger charge is 2.16. The third-order valence-electron chi connectivity index (χ3n) is 3.02. The van der Waals surface area contributed by atoms with Crippen LogP contribution in [0, 0.1) is 28.5 Å². The van der Waals surface area contributed by atoms with Gasteiger partial charge in [0.15, 0.2) is 11.4 Å². The predicted molar refractivity (Wildman–Crippen MR) is 74.9 cm³/mol. The van der Waals surface area contributed by atoms with E-state index < -0.39 is 0 Å². The third kappa shape index (κ3) is 2.91. The van der Waals surface area contributed by atoms with E-state index in [2.05, 4.69) is 10.3 Å². The molecule has 0 unspecified atom stereocenters. The number of rotatable bonds is 4. The van der Waals surface area contributed by atoms with Gasteiger partial charge in [-0.2, -0.15) is 10.5 Å². The fraction of sp³-hybridized carbons (Fsp3) is 0.267. The summed E-state index contributed by atoms with van der Waals surface area (Å²) in [5.41, 5.74) is 1.08. The highest BCUT2D eigenvalue weighted by molar-refractivity contribution is 5.48. The molecule has 0 spiro atoms. The van der Waals surface area contributed by atoms with Crippen LogP contribution >= 0.6 is 0 Å². The number of nitrogens with one attached hydrogen (secondary N) is 1. The van der Waals surface area contributed by atoms with Crippen LogP contribution in [0.3, 0.4) is 0 Å². The van der Waals surface area contributed by atoms with Crippen LogP contribution in [0.15, 0.2) is 24.5 Å².